The van der Waals surface area contributed by atoms with Crippen molar-refractivity contribution in [2.24, 2.45) is 0 Å². The topological polar surface area (TPSA) is 38.3 Å². The third kappa shape index (κ3) is 6.75. The number of nitrogens with one attached hydrogen (secondary N) is 1. The lowest BCUT2D eigenvalue weighted by molar-refractivity contribution is 0.0529. The molecule has 0 saturated heterocycles. The third-order valence-electron chi connectivity index (χ3n) is 2.47. The first kappa shape index (κ1) is 16.8. The van der Waals surface area contributed by atoms with Gasteiger partial charge in [0.2, 0.25) is 0 Å². The number of ether oxygens (including phenoxy) is 1. The van der Waals surface area contributed by atoms with Gasteiger partial charge >= 0.3 is 6.09 Å². The van der Waals surface area contributed by atoms with Crippen molar-refractivity contribution in [1.29, 1.82) is 0 Å². The summed E-state index contributed by atoms with van der Waals surface area (Å²) < 4.78 is 6.26. The Morgan fingerprint density at radius 3 is 2.70 bits per heavy atom. The van der Waals surface area contributed by atoms with Gasteiger partial charge in [-0.3, -0.25) is 0 Å². The van der Waals surface area contributed by atoms with Crippen molar-refractivity contribution in [3.63, 3.8) is 0 Å². The van der Waals surface area contributed by atoms with Gasteiger partial charge in [0.15, 0.2) is 0 Å². The Kier molecular flexibility index (Phi) is 6.27. The number of alkyl carbamates (subject to hydrolysis) is 1. The minimum Gasteiger partial charge on any atom is -0.444 e. The molecule has 0 aliphatic heterocycles. The molecule has 0 aliphatic rings. The summed E-state index contributed by atoms with van der Waals surface area (Å²) in [4.78, 5) is 11.4. The minimum atomic E-state index is -0.450. The van der Waals surface area contributed by atoms with Crippen molar-refractivity contribution in [2.45, 2.75) is 39.7 Å². The highest BCUT2D eigenvalue weighted by molar-refractivity contribution is 9.10. The van der Waals surface area contributed by atoms with Crippen LogP contribution < -0.4 is 5.32 Å². The molecule has 0 unspecified atom stereocenters. The molecule has 110 valence electrons. The molecule has 1 rings (SSSR count). The fraction of sp³-hybridized carbons (Fsp3) is 0.438. The number of aryl methyl sites for hydroxylation is 1. The van der Waals surface area contributed by atoms with E-state index >= 15 is 0 Å². The van der Waals surface area contributed by atoms with Crippen molar-refractivity contribution in [3.05, 3.63) is 39.9 Å². The maximum Gasteiger partial charge on any atom is 0.407 e. The van der Waals surface area contributed by atoms with Gasteiger partial charge in [0.25, 0.3) is 0 Å². The van der Waals surface area contributed by atoms with E-state index in [9.17, 15) is 4.79 Å². The van der Waals surface area contributed by atoms with Crippen molar-refractivity contribution in [3.8, 4) is 0 Å². The Morgan fingerprint density at radius 1 is 1.40 bits per heavy atom. The normalized spacial score (nSPS) is 11.7. The molecule has 1 aromatic rings. The van der Waals surface area contributed by atoms with Crippen LogP contribution in [-0.2, 0) is 4.74 Å². The van der Waals surface area contributed by atoms with Gasteiger partial charge < -0.3 is 10.1 Å². The van der Waals surface area contributed by atoms with E-state index in [-0.39, 0.29) is 6.09 Å². The predicted molar refractivity (Wildman–Crippen MR) is 86.8 cm³/mol. The van der Waals surface area contributed by atoms with Crippen LogP contribution in [0.1, 0.15) is 38.3 Å². The molecule has 0 aliphatic carbocycles. The van der Waals surface area contributed by atoms with E-state index in [0.29, 0.717) is 6.54 Å². The molecule has 0 heterocycles. The molecule has 0 radical (unpaired) electrons. The van der Waals surface area contributed by atoms with Gasteiger partial charge in [0.1, 0.15) is 5.60 Å². The van der Waals surface area contributed by atoms with Crippen LogP contribution in [0.4, 0.5) is 4.79 Å². The van der Waals surface area contributed by atoms with E-state index in [1.807, 2.05) is 32.9 Å². The Labute approximate surface area is 129 Å². The molecule has 4 heteroatoms. The minimum absolute atomic E-state index is 0.370. The number of hydrogen-bond acceptors (Lipinski definition) is 2. The predicted octanol–water partition coefficient (Wildman–Crippen LogP) is 4.69. The molecule has 0 fully saturated rings. The third-order valence-corrected chi connectivity index (χ3v) is 3.36. The van der Waals surface area contributed by atoms with Crippen molar-refractivity contribution in [1.82, 2.24) is 5.32 Å². The van der Waals surface area contributed by atoms with Crippen LogP contribution >= 0.6 is 15.9 Å². The maximum atomic E-state index is 11.4. The lowest BCUT2D eigenvalue weighted by Gasteiger charge is -2.19. The monoisotopic (exact) mass is 339 g/mol. The molecular weight excluding hydrogens is 318 g/mol. The van der Waals surface area contributed by atoms with Crippen molar-refractivity contribution >= 4 is 28.1 Å². The first-order valence-electron chi connectivity index (χ1n) is 6.67. The molecule has 1 amide bonds. The van der Waals surface area contributed by atoms with Crippen LogP contribution in [-0.4, -0.2) is 18.2 Å². The Balaban J connectivity index is 2.32. The van der Waals surface area contributed by atoms with Gasteiger partial charge in [-0.25, -0.2) is 4.79 Å². The zero-order valence-electron chi connectivity index (χ0n) is 12.5. The molecule has 3 nitrogen and oxygen atoms in total. The van der Waals surface area contributed by atoms with E-state index in [1.54, 1.807) is 0 Å². The summed E-state index contributed by atoms with van der Waals surface area (Å²) in [5.41, 5.74) is 1.91. The fourth-order valence-corrected chi connectivity index (χ4v) is 1.81. The molecular formula is C16H22BrNO2. The highest BCUT2D eigenvalue weighted by Gasteiger charge is 2.15. The average Bonchev–Trinajstić information content (AvgIpc) is 2.31. The van der Waals surface area contributed by atoms with Crippen LogP contribution in [0.3, 0.4) is 0 Å². The summed E-state index contributed by atoms with van der Waals surface area (Å²) in [6.45, 7) is 8.18. The molecule has 1 N–H and O–H groups in total. The van der Waals surface area contributed by atoms with E-state index in [1.165, 1.54) is 5.56 Å². The first-order chi connectivity index (χ1) is 9.28. The van der Waals surface area contributed by atoms with E-state index in [4.69, 9.17) is 4.74 Å². The summed E-state index contributed by atoms with van der Waals surface area (Å²) in [6, 6.07) is 6.20. The summed E-state index contributed by atoms with van der Waals surface area (Å²) in [5, 5.41) is 2.73. The lowest BCUT2D eigenvalue weighted by atomic mass is 10.1. The smallest absolute Gasteiger partial charge is 0.407 e. The van der Waals surface area contributed by atoms with Crippen LogP contribution in [0.25, 0.3) is 6.08 Å². The largest absolute Gasteiger partial charge is 0.444 e. The standard InChI is InChI=1S/C16H22BrNO2/c1-12-11-13(8-9-14(12)17)7-5-6-10-18-15(19)20-16(2,3)4/h5,7-9,11H,6,10H2,1-4H3,(H,18,19). The lowest BCUT2D eigenvalue weighted by Crippen LogP contribution is -2.32. The Hall–Kier alpha value is -1.29. The summed E-state index contributed by atoms with van der Waals surface area (Å²) >= 11 is 3.48. The second-order valence-electron chi connectivity index (χ2n) is 5.63. The van der Waals surface area contributed by atoms with Gasteiger partial charge in [-0.05, 0) is 51.3 Å². The molecule has 0 atom stereocenters. The average molecular weight is 340 g/mol. The van der Waals surface area contributed by atoms with Gasteiger partial charge in [0, 0.05) is 11.0 Å². The van der Waals surface area contributed by atoms with Crippen LogP contribution in [0, 0.1) is 6.92 Å². The van der Waals surface area contributed by atoms with Crippen LogP contribution in [0.2, 0.25) is 0 Å². The molecule has 0 spiro atoms. The zero-order valence-corrected chi connectivity index (χ0v) is 14.1. The van der Waals surface area contributed by atoms with Crippen molar-refractivity contribution in [2.75, 3.05) is 6.54 Å². The van der Waals surface area contributed by atoms with Crippen LogP contribution in [0.5, 0.6) is 0 Å². The second kappa shape index (κ2) is 7.48. The SMILES string of the molecule is Cc1cc(C=CCCNC(=O)OC(C)(C)C)ccc1Br. The van der Waals surface area contributed by atoms with Crippen molar-refractivity contribution < 1.29 is 9.53 Å². The fourth-order valence-electron chi connectivity index (χ4n) is 1.56. The molecule has 0 bridgehead atoms. The number of carbonyl (C=O) groups excluding carboxylic acids is 1. The quantitative estimate of drug-likeness (QED) is 0.808. The molecule has 1 aromatic carbocycles. The van der Waals surface area contributed by atoms with Gasteiger partial charge in [-0.15, -0.1) is 0 Å². The summed E-state index contributed by atoms with van der Waals surface area (Å²) in [6.07, 6.45) is 4.50. The van der Waals surface area contributed by atoms with Crippen LogP contribution in [0.15, 0.2) is 28.7 Å². The molecule has 0 saturated carbocycles. The number of amides is 1. The number of carbonyl (C=O) groups is 1. The van der Waals surface area contributed by atoms with E-state index in [2.05, 4.69) is 46.4 Å². The van der Waals surface area contributed by atoms with Gasteiger partial charge in [-0.1, -0.05) is 40.2 Å². The Bertz CT molecular complexity index is 490. The summed E-state index contributed by atoms with van der Waals surface area (Å²) in [7, 11) is 0. The zero-order chi connectivity index (χ0) is 15.2. The number of halogens is 1. The van der Waals surface area contributed by atoms with E-state index < -0.39 is 5.60 Å². The number of rotatable bonds is 4. The van der Waals surface area contributed by atoms with Gasteiger partial charge in [0.05, 0.1) is 0 Å². The highest BCUT2D eigenvalue weighted by Crippen LogP contribution is 2.17. The molecule has 0 aromatic heterocycles. The molecule has 20 heavy (non-hydrogen) atoms. The van der Waals surface area contributed by atoms with E-state index in [0.717, 1.165) is 16.5 Å². The summed E-state index contributed by atoms with van der Waals surface area (Å²) in [5.74, 6) is 0. The number of hydrogen-bond donors (Lipinski definition) is 1. The maximum absolute atomic E-state index is 11.4. The first-order valence-corrected chi connectivity index (χ1v) is 7.47. The Morgan fingerprint density at radius 2 is 2.10 bits per heavy atom. The van der Waals surface area contributed by atoms with Gasteiger partial charge in [-0.2, -0.15) is 0 Å². The number of benzene rings is 1. The highest BCUT2D eigenvalue weighted by atomic mass is 79.9. The second-order valence-corrected chi connectivity index (χ2v) is 6.48.